The monoisotopic (exact) mass is 478 g/mol. The Kier molecular flexibility index (Phi) is 7.24. The van der Waals surface area contributed by atoms with Crippen molar-refractivity contribution in [3.8, 4) is 0 Å². The Hall–Kier alpha value is -3.69. The lowest BCUT2D eigenvalue weighted by Gasteiger charge is -2.26. The Morgan fingerprint density at radius 3 is 1.82 bits per heavy atom. The molecule has 0 saturated carbocycles. The molecule has 1 fully saturated rings. The van der Waals surface area contributed by atoms with Crippen molar-refractivity contribution in [3.63, 3.8) is 0 Å². The number of rotatable bonds is 6. The zero-order valence-corrected chi connectivity index (χ0v) is 19.3. The van der Waals surface area contributed by atoms with Crippen LogP contribution in [-0.4, -0.2) is 37.8 Å². The van der Waals surface area contributed by atoms with E-state index in [0.29, 0.717) is 30.2 Å². The Morgan fingerprint density at radius 1 is 0.647 bits per heavy atom. The molecule has 8 nitrogen and oxygen atoms in total. The van der Waals surface area contributed by atoms with E-state index in [2.05, 4.69) is 16.0 Å². The molecule has 0 spiro atoms. The van der Waals surface area contributed by atoms with Gasteiger partial charge in [0, 0.05) is 30.2 Å². The van der Waals surface area contributed by atoms with Crippen molar-refractivity contribution < 1.29 is 18.0 Å². The van der Waals surface area contributed by atoms with Crippen molar-refractivity contribution in [2.45, 2.75) is 24.2 Å². The summed E-state index contributed by atoms with van der Waals surface area (Å²) in [6, 6.07) is 21.5. The van der Waals surface area contributed by atoms with Crippen LogP contribution in [-0.2, 0) is 10.0 Å². The predicted molar refractivity (Wildman–Crippen MR) is 133 cm³/mol. The molecule has 3 amide bonds. The van der Waals surface area contributed by atoms with Crippen LogP contribution in [0.15, 0.2) is 83.8 Å². The summed E-state index contributed by atoms with van der Waals surface area (Å²) in [5, 5.41) is 8.19. The molecule has 0 unspecified atom stereocenters. The van der Waals surface area contributed by atoms with Crippen molar-refractivity contribution in [1.82, 2.24) is 4.31 Å². The Bertz CT molecular complexity index is 1260. The fourth-order valence-electron chi connectivity index (χ4n) is 3.77. The number of piperidine rings is 1. The maximum Gasteiger partial charge on any atom is 0.323 e. The van der Waals surface area contributed by atoms with Gasteiger partial charge in [0.2, 0.25) is 10.0 Å². The molecular weight excluding hydrogens is 452 g/mol. The molecule has 0 aromatic heterocycles. The molecule has 176 valence electrons. The smallest absolute Gasteiger partial charge is 0.322 e. The van der Waals surface area contributed by atoms with E-state index in [1.807, 2.05) is 18.2 Å². The first-order valence-electron chi connectivity index (χ1n) is 11.1. The van der Waals surface area contributed by atoms with Gasteiger partial charge in [-0.2, -0.15) is 4.31 Å². The lowest BCUT2D eigenvalue weighted by molar-refractivity contribution is 0.102. The van der Waals surface area contributed by atoms with E-state index in [1.54, 1.807) is 48.5 Å². The summed E-state index contributed by atoms with van der Waals surface area (Å²) in [4.78, 5) is 25.1. The lowest BCUT2D eigenvalue weighted by Crippen LogP contribution is -2.36. The first kappa shape index (κ1) is 23.5. The van der Waals surface area contributed by atoms with E-state index in [4.69, 9.17) is 0 Å². The van der Waals surface area contributed by atoms with E-state index in [9.17, 15) is 18.0 Å². The minimum atomic E-state index is -3.76. The van der Waals surface area contributed by atoms with Gasteiger partial charge >= 0.3 is 6.03 Å². The highest BCUT2D eigenvalue weighted by atomic mass is 32.2. The number of anilines is 3. The Balaban J connectivity index is 1.43. The van der Waals surface area contributed by atoms with Crippen molar-refractivity contribution in [3.05, 3.63) is 84.4 Å². The molecule has 0 atom stereocenters. The third-order valence-corrected chi connectivity index (χ3v) is 7.45. The van der Waals surface area contributed by atoms with Gasteiger partial charge in [0.25, 0.3) is 5.91 Å². The van der Waals surface area contributed by atoms with Crippen LogP contribution in [0.25, 0.3) is 0 Å². The topological polar surface area (TPSA) is 108 Å². The van der Waals surface area contributed by atoms with Gasteiger partial charge in [0.1, 0.15) is 0 Å². The van der Waals surface area contributed by atoms with Gasteiger partial charge in [0.15, 0.2) is 0 Å². The number of carbonyl (C=O) groups excluding carboxylic acids is 2. The maximum atomic E-state index is 13.1. The van der Waals surface area contributed by atoms with Crippen LogP contribution in [0.2, 0.25) is 0 Å². The largest absolute Gasteiger partial charge is 0.323 e. The van der Waals surface area contributed by atoms with Gasteiger partial charge in [-0.15, -0.1) is 0 Å². The molecule has 1 heterocycles. The quantitative estimate of drug-likeness (QED) is 0.475. The van der Waals surface area contributed by atoms with Gasteiger partial charge in [-0.3, -0.25) is 4.79 Å². The van der Waals surface area contributed by atoms with Crippen LogP contribution >= 0.6 is 0 Å². The molecule has 1 saturated heterocycles. The number of nitrogens with one attached hydrogen (secondary N) is 3. The van der Waals surface area contributed by atoms with E-state index in [1.165, 1.54) is 16.4 Å². The second-order valence-corrected chi connectivity index (χ2v) is 9.84. The Morgan fingerprint density at radius 2 is 1.18 bits per heavy atom. The van der Waals surface area contributed by atoms with Crippen LogP contribution in [0, 0.1) is 0 Å². The highest BCUT2D eigenvalue weighted by Gasteiger charge is 2.29. The number of para-hydroxylation sites is 1. The summed E-state index contributed by atoms with van der Waals surface area (Å²) >= 11 is 0. The van der Waals surface area contributed by atoms with Crippen LogP contribution in [0.5, 0.6) is 0 Å². The Labute approximate surface area is 199 Å². The normalized spacial score (nSPS) is 14.2. The molecule has 4 rings (SSSR count). The zero-order chi connectivity index (χ0) is 24.0. The van der Waals surface area contributed by atoms with Gasteiger partial charge in [-0.25, -0.2) is 13.2 Å². The van der Waals surface area contributed by atoms with Gasteiger partial charge < -0.3 is 16.0 Å². The molecule has 1 aliphatic rings. The minimum absolute atomic E-state index is 0.00488. The number of benzene rings is 3. The molecule has 0 radical (unpaired) electrons. The van der Waals surface area contributed by atoms with E-state index in [0.717, 1.165) is 19.3 Å². The van der Waals surface area contributed by atoms with Crippen LogP contribution < -0.4 is 16.0 Å². The SMILES string of the molecule is O=C(Nc1ccccc1)Nc1ccc(NC(=O)c2ccccc2S(=O)(=O)N2CCCCC2)cc1. The van der Waals surface area contributed by atoms with Crippen molar-refractivity contribution in [2.75, 3.05) is 29.0 Å². The summed E-state index contributed by atoms with van der Waals surface area (Å²) in [5.41, 5.74) is 1.78. The molecule has 0 aliphatic carbocycles. The third-order valence-electron chi connectivity index (χ3n) is 5.50. The summed E-state index contributed by atoms with van der Waals surface area (Å²) in [6.07, 6.45) is 2.64. The number of nitrogens with zero attached hydrogens (tertiary/aromatic N) is 1. The molecule has 0 bridgehead atoms. The lowest BCUT2D eigenvalue weighted by atomic mass is 10.2. The first-order chi connectivity index (χ1) is 16.4. The van der Waals surface area contributed by atoms with E-state index >= 15 is 0 Å². The molecule has 34 heavy (non-hydrogen) atoms. The average molecular weight is 479 g/mol. The fraction of sp³-hybridized carbons (Fsp3) is 0.200. The predicted octanol–water partition coefficient (Wildman–Crippen LogP) is 4.76. The van der Waals surface area contributed by atoms with Crippen LogP contribution in [0.3, 0.4) is 0 Å². The number of amides is 3. The van der Waals surface area contributed by atoms with Crippen molar-refractivity contribution >= 4 is 39.0 Å². The number of carbonyl (C=O) groups is 2. The fourth-order valence-corrected chi connectivity index (χ4v) is 5.48. The molecule has 3 N–H and O–H groups in total. The second-order valence-electron chi connectivity index (χ2n) is 7.94. The first-order valence-corrected chi connectivity index (χ1v) is 12.5. The summed E-state index contributed by atoms with van der Waals surface area (Å²) in [6.45, 7) is 0.926. The number of hydrogen-bond donors (Lipinski definition) is 3. The standard InChI is InChI=1S/C25H26N4O4S/c30-24(22-11-5-6-12-23(22)34(32,33)29-17-7-2-8-18-29)26-20-13-15-21(16-14-20)28-25(31)27-19-9-3-1-4-10-19/h1,3-6,9-16H,2,7-8,17-18H2,(H,26,30)(H2,27,28,31). The van der Waals surface area contributed by atoms with Gasteiger partial charge in [-0.1, -0.05) is 36.8 Å². The maximum absolute atomic E-state index is 13.1. The summed E-state index contributed by atoms with van der Waals surface area (Å²) in [5.74, 6) is -0.515. The van der Waals surface area contributed by atoms with Gasteiger partial charge in [0.05, 0.1) is 10.5 Å². The third kappa shape index (κ3) is 5.62. The van der Waals surface area contributed by atoms with Gasteiger partial charge in [-0.05, 0) is 61.4 Å². The summed E-state index contributed by atoms with van der Waals surface area (Å²) in [7, 11) is -3.76. The van der Waals surface area contributed by atoms with Crippen LogP contribution in [0.1, 0.15) is 29.6 Å². The molecule has 1 aliphatic heterocycles. The molecule has 3 aromatic rings. The highest BCUT2D eigenvalue weighted by Crippen LogP contribution is 2.24. The molecule has 9 heteroatoms. The second kappa shape index (κ2) is 10.5. The molecule has 3 aromatic carbocycles. The van der Waals surface area contributed by atoms with E-state index < -0.39 is 15.9 Å². The number of urea groups is 1. The summed E-state index contributed by atoms with van der Waals surface area (Å²) < 4.78 is 27.7. The molecular formula is C25H26N4O4S. The van der Waals surface area contributed by atoms with Crippen molar-refractivity contribution in [2.24, 2.45) is 0 Å². The highest BCUT2D eigenvalue weighted by molar-refractivity contribution is 7.89. The number of sulfonamides is 1. The minimum Gasteiger partial charge on any atom is -0.322 e. The van der Waals surface area contributed by atoms with Crippen molar-refractivity contribution in [1.29, 1.82) is 0 Å². The average Bonchev–Trinajstić information content (AvgIpc) is 2.86. The zero-order valence-electron chi connectivity index (χ0n) is 18.5. The number of hydrogen-bond acceptors (Lipinski definition) is 4. The van der Waals surface area contributed by atoms with E-state index in [-0.39, 0.29) is 16.5 Å². The van der Waals surface area contributed by atoms with Crippen LogP contribution in [0.4, 0.5) is 21.9 Å².